The minimum absolute atomic E-state index is 0.136. The minimum Gasteiger partial charge on any atom is -0.492 e. The number of rotatable bonds is 16. The summed E-state index contributed by atoms with van der Waals surface area (Å²) in [5.74, 6) is 2.00. The molecule has 10 rings (SSSR count). The van der Waals surface area contributed by atoms with E-state index in [1.807, 2.05) is 109 Å². The number of fused-ring (bicyclic) bond motifs is 2. The minimum atomic E-state index is -3.35. The maximum absolute atomic E-state index is 13.4. The van der Waals surface area contributed by atoms with E-state index in [0.29, 0.717) is 55.3 Å². The fraction of sp³-hybridized carbons (Fsp3) is 0.351. The summed E-state index contributed by atoms with van der Waals surface area (Å²) in [5.41, 5.74) is 5.36. The van der Waals surface area contributed by atoms with Crippen LogP contribution in [0.25, 0.3) is 21.9 Å². The van der Waals surface area contributed by atoms with Crippen molar-refractivity contribution in [1.29, 1.82) is 0 Å². The van der Waals surface area contributed by atoms with Gasteiger partial charge in [-0.15, -0.1) is 0 Å². The summed E-state index contributed by atoms with van der Waals surface area (Å²) in [5, 5.41) is 4.23. The van der Waals surface area contributed by atoms with Crippen molar-refractivity contribution in [3.8, 4) is 34.1 Å². The molecule has 6 aromatic rings. The first kappa shape index (κ1) is 48.8. The van der Waals surface area contributed by atoms with E-state index in [-0.39, 0.29) is 29.0 Å². The highest BCUT2D eigenvalue weighted by molar-refractivity contribution is 7.90. The van der Waals surface area contributed by atoms with Gasteiger partial charge in [0.25, 0.3) is 5.91 Å². The number of amides is 3. The summed E-state index contributed by atoms with van der Waals surface area (Å²) < 4.78 is 43.6. The molecule has 4 heterocycles. The molecule has 6 aromatic carbocycles. The quantitative estimate of drug-likeness (QED) is 0.0954. The smallest absolute Gasteiger partial charge is 0.255 e. The van der Waals surface area contributed by atoms with E-state index in [4.69, 9.17) is 14.2 Å². The van der Waals surface area contributed by atoms with E-state index in [9.17, 15) is 22.8 Å². The Morgan fingerprint density at radius 1 is 0.681 bits per heavy atom. The third-order valence-corrected chi connectivity index (χ3v) is 15.8. The molecular weight excluding hydrogens is 929 g/mol. The molecule has 15 heteroatoms. The fourth-order valence-corrected chi connectivity index (χ4v) is 11.1. The van der Waals surface area contributed by atoms with Gasteiger partial charge in [0.1, 0.15) is 42.3 Å². The van der Waals surface area contributed by atoms with Crippen molar-refractivity contribution < 1.29 is 37.0 Å². The molecule has 3 atom stereocenters. The van der Waals surface area contributed by atoms with E-state index in [1.165, 1.54) is 6.26 Å². The number of sulfone groups is 1. The zero-order valence-corrected chi connectivity index (χ0v) is 42.0. The number of hydrogen-bond donors (Lipinski definition) is 1. The van der Waals surface area contributed by atoms with Gasteiger partial charge in [-0.2, -0.15) is 0 Å². The Kier molecular flexibility index (Phi) is 14.3. The topological polar surface area (TPSA) is 141 Å². The van der Waals surface area contributed by atoms with Crippen molar-refractivity contribution in [3.05, 3.63) is 144 Å². The molecule has 4 aliphatic heterocycles. The van der Waals surface area contributed by atoms with Crippen molar-refractivity contribution in [2.75, 3.05) is 76.7 Å². The normalized spacial score (nSPS) is 20.2. The lowest BCUT2D eigenvalue weighted by Crippen LogP contribution is -2.58. The average Bonchev–Trinajstić information content (AvgIpc) is 3.71. The molecule has 72 heavy (non-hydrogen) atoms. The number of carbonyl (C=O) groups excluding carboxylic acids is 3. The summed E-state index contributed by atoms with van der Waals surface area (Å²) in [6, 6.07) is 40.9. The maximum Gasteiger partial charge on any atom is 0.255 e. The Balaban J connectivity index is 0.699. The molecule has 0 aromatic heterocycles. The summed E-state index contributed by atoms with van der Waals surface area (Å²) in [7, 11) is -3.35. The molecular formula is C57H62N6O8S. The Hall–Kier alpha value is -6.78. The zero-order valence-electron chi connectivity index (χ0n) is 41.2. The molecule has 0 aliphatic carbocycles. The van der Waals surface area contributed by atoms with Crippen LogP contribution in [0.15, 0.2) is 132 Å². The number of piperazine rings is 2. The molecule has 1 N–H and O–H groups in total. The van der Waals surface area contributed by atoms with Crippen molar-refractivity contribution in [1.82, 2.24) is 24.9 Å². The Labute approximate surface area is 422 Å². The number of imide groups is 1. The van der Waals surface area contributed by atoms with Crippen molar-refractivity contribution >= 4 is 44.0 Å². The maximum atomic E-state index is 13.4. The molecule has 3 fully saturated rings. The monoisotopic (exact) mass is 990 g/mol. The molecule has 1 unspecified atom stereocenters. The lowest BCUT2D eigenvalue weighted by atomic mass is 9.99. The van der Waals surface area contributed by atoms with Crippen molar-refractivity contribution in [2.45, 2.75) is 62.9 Å². The largest absolute Gasteiger partial charge is 0.492 e. The second kappa shape index (κ2) is 21.1. The van der Waals surface area contributed by atoms with Crippen LogP contribution in [0.5, 0.6) is 23.0 Å². The zero-order chi connectivity index (χ0) is 49.9. The first-order chi connectivity index (χ1) is 34.8. The van der Waals surface area contributed by atoms with Gasteiger partial charge in [-0.3, -0.25) is 34.4 Å². The van der Waals surface area contributed by atoms with Crippen molar-refractivity contribution in [2.24, 2.45) is 0 Å². The van der Waals surface area contributed by atoms with E-state index >= 15 is 0 Å². The van der Waals surface area contributed by atoms with Crippen LogP contribution in [0.4, 0.5) is 5.69 Å². The predicted octanol–water partition coefficient (Wildman–Crippen LogP) is 7.64. The Morgan fingerprint density at radius 2 is 1.39 bits per heavy atom. The summed E-state index contributed by atoms with van der Waals surface area (Å²) in [6.07, 6.45) is 1.82. The van der Waals surface area contributed by atoms with Crippen LogP contribution in [0.1, 0.15) is 48.2 Å². The number of nitrogens with zero attached hydrogens (tertiary/aromatic N) is 5. The van der Waals surface area contributed by atoms with Gasteiger partial charge in [-0.1, -0.05) is 54.6 Å². The third kappa shape index (κ3) is 11.0. The molecule has 0 bridgehead atoms. The third-order valence-electron chi connectivity index (χ3n) is 14.7. The summed E-state index contributed by atoms with van der Waals surface area (Å²) in [6.45, 7) is 14.5. The molecule has 0 spiro atoms. The first-order valence-corrected chi connectivity index (χ1v) is 26.9. The van der Waals surface area contributed by atoms with Crippen molar-refractivity contribution in [3.63, 3.8) is 0 Å². The Bertz CT molecular complexity index is 3050. The van der Waals surface area contributed by atoms with Crippen LogP contribution in [0, 0.1) is 0 Å². The lowest BCUT2D eigenvalue weighted by Gasteiger charge is -2.45. The van der Waals surface area contributed by atoms with Gasteiger partial charge in [-0.25, -0.2) is 8.42 Å². The molecule has 374 valence electrons. The van der Waals surface area contributed by atoms with E-state index < -0.39 is 15.9 Å². The number of carbonyl (C=O) groups is 3. The lowest BCUT2D eigenvalue weighted by molar-refractivity contribution is -0.136. The van der Waals surface area contributed by atoms with Crippen LogP contribution in [-0.4, -0.2) is 136 Å². The van der Waals surface area contributed by atoms with Gasteiger partial charge in [0, 0.05) is 112 Å². The molecule has 0 saturated carbocycles. The highest BCUT2D eigenvalue weighted by Crippen LogP contribution is 2.41. The summed E-state index contributed by atoms with van der Waals surface area (Å²) >= 11 is 0. The SMILES string of the molecule is C[C@@H]1CN(CCOc2ccc(Oc3c(-c4ccc(S(C)(=O)=O)cc4)ccc4cc(OCc5ccccc5)ccc34)cc2)[C@@H](C)CN1CCN1CCN(c2ccc3c(c2)C(=O)N(C2CCC(=O)NC2=O)C3)CC1. The van der Waals surface area contributed by atoms with Crippen LogP contribution in [0.2, 0.25) is 0 Å². The van der Waals surface area contributed by atoms with Gasteiger partial charge in [-0.05, 0) is 115 Å². The van der Waals surface area contributed by atoms with Gasteiger partial charge < -0.3 is 24.0 Å². The second-order valence-corrected chi connectivity index (χ2v) is 21.6. The first-order valence-electron chi connectivity index (χ1n) is 25.0. The second-order valence-electron chi connectivity index (χ2n) is 19.6. The standard InChI is InChI=1S/C57H62N6O8S/c1-39-36-62(40(2)35-61(39)30-27-59-25-28-60(29-26-59)45-13-9-44-37-63(57(66)52(44)34-45)53-23-24-54(64)58-56(53)65)31-32-69-46-14-16-47(17-15-46)71-55-50(42-10-19-49(20-11-42)72(3,67)68)21-12-43-33-48(18-22-51(43)55)70-38-41-7-5-4-6-8-41/h4-22,33-34,39-40,53H,23-32,35-38H2,1-3H3,(H,58,64,65)/t39-,40+,53?/m1/s1. The molecule has 14 nitrogen and oxygen atoms in total. The number of nitrogens with one attached hydrogen (secondary N) is 1. The van der Waals surface area contributed by atoms with E-state index in [1.54, 1.807) is 17.0 Å². The van der Waals surface area contributed by atoms with Gasteiger partial charge in [0.15, 0.2) is 9.84 Å². The number of ether oxygens (including phenoxy) is 3. The average molecular weight is 991 g/mol. The van der Waals surface area contributed by atoms with E-state index in [0.717, 1.165) is 109 Å². The molecule has 4 aliphatic rings. The van der Waals surface area contributed by atoms with Gasteiger partial charge >= 0.3 is 0 Å². The number of benzene rings is 6. The van der Waals surface area contributed by atoms with Gasteiger partial charge in [0.05, 0.1) is 4.90 Å². The molecule has 0 radical (unpaired) electrons. The van der Waals surface area contributed by atoms with E-state index in [2.05, 4.69) is 44.8 Å². The highest BCUT2D eigenvalue weighted by atomic mass is 32.2. The predicted molar refractivity (Wildman–Crippen MR) is 278 cm³/mol. The van der Waals surface area contributed by atoms with Crippen LogP contribution in [0.3, 0.4) is 0 Å². The highest BCUT2D eigenvalue weighted by Gasteiger charge is 2.39. The van der Waals surface area contributed by atoms with Gasteiger partial charge in [0.2, 0.25) is 11.8 Å². The Morgan fingerprint density at radius 3 is 2.11 bits per heavy atom. The molecule has 3 saturated heterocycles. The number of piperidine rings is 1. The van der Waals surface area contributed by atoms with Crippen LogP contribution < -0.4 is 24.4 Å². The van der Waals surface area contributed by atoms with Crippen LogP contribution >= 0.6 is 0 Å². The molecule has 3 amide bonds. The fourth-order valence-electron chi connectivity index (χ4n) is 10.5. The number of anilines is 1. The summed E-state index contributed by atoms with van der Waals surface area (Å²) in [4.78, 5) is 49.5. The number of hydrogen-bond acceptors (Lipinski definition) is 12. The van der Waals surface area contributed by atoms with Crippen LogP contribution in [-0.2, 0) is 32.6 Å².